The Labute approximate surface area is 194 Å². The highest BCUT2D eigenvalue weighted by Gasteiger charge is 2.45. The van der Waals surface area contributed by atoms with Crippen molar-refractivity contribution in [2.75, 3.05) is 4.90 Å². The third kappa shape index (κ3) is 3.89. The number of halogens is 2. The van der Waals surface area contributed by atoms with Crippen LogP contribution < -0.4 is 10.2 Å². The smallest absolute Gasteiger partial charge is 0.321 e. The molecule has 0 unspecified atom stereocenters. The maximum atomic E-state index is 13.6. The number of carbonyl (C=O) groups is 2. The molecule has 1 fully saturated rings. The maximum absolute atomic E-state index is 13.6. The van der Waals surface area contributed by atoms with Crippen LogP contribution in [-0.2, 0) is 9.59 Å². The molecule has 1 saturated heterocycles. The van der Waals surface area contributed by atoms with Gasteiger partial charge in [0.05, 0.1) is 29.5 Å². The Kier molecular flexibility index (Phi) is 5.31. The van der Waals surface area contributed by atoms with Crippen molar-refractivity contribution >= 4 is 28.4 Å². The predicted molar refractivity (Wildman–Crippen MR) is 123 cm³/mol. The summed E-state index contributed by atoms with van der Waals surface area (Å²) in [5, 5.41) is 7.65. The van der Waals surface area contributed by atoms with Gasteiger partial charge < -0.3 is 10.2 Å². The zero-order chi connectivity index (χ0) is 23.9. The quantitative estimate of drug-likeness (QED) is 0.487. The standard InChI is InChI=1S/C25H21F2N5O2/c1-25(26,27)24(34)30-20-14-22(33)31(23(20)16-5-3-2-4-6-16)19-7-8-21-17(13-19)15-29-32(21)18-9-11-28-12-10-18/h2-13,15,20,23H,14H2,1H3,(H,30,34)/t20-,23+/m0/s1. The summed E-state index contributed by atoms with van der Waals surface area (Å²) < 4.78 is 29.0. The largest absolute Gasteiger partial charge is 0.345 e. The molecular weight excluding hydrogens is 440 g/mol. The van der Waals surface area contributed by atoms with Crippen molar-refractivity contribution in [1.29, 1.82) is 0 Å². The van der Waals surface area contributed by atoms with Gasteiger partial charge in [0.2, 0.25) is 5.91 Å². The first-order valence-corrected chi connectivity index (χ1v) is 10.8. The van der Waals surface area contributed by atoms with Crippen LogP contribution in [-0.4, -0.2) is 38.5 Å². The minimum atomic E-state index is -3.54. The van der Waals surface area contributed by atoms with Gasteiger partial charge in [0.25, 0.3) is 5.91 Å². The summed E-state index contributed by atoms with van der Waals surface area (Å²) in [6.45, 7) is 0.544. The number of hydrogen-bond donors (Lipinski definition) is 1. The molecule has 0 bridgehead atoms. The summed E-state index contributed by atoms with van der Waals surface area (Å²) in [5.74, 6) is -5.21. The number of aromatic nitrogens is 3. The Morgan fingerprint density at radius 1 is 1.06 bits per heavy atom. The molecule has 0 aliphatic carbocycles. The third-order valence-corrected chi connectivity index (χ3v) is 5.92. The van der Waals surface area contributed by atoms with Gasteiger partial charge in [-0.15, -0.1) is 0 Å². The van der Waals surface area contributed by atoms with E-state index in [2.05, 4.69) is 15.4 Å². The molecule has 1 aliphatic rings. The van der Waals surface area contributed by atoms with Crippen molar-refractivity contribution in [2.24, 2.45) is 0 Å². The summed E-state index contributed by atoms with van der Waals surface area (Å²) in [6.07, 6.45) is 4.97. The number of nitrogens with one attached hydrogen (secondary N) is 1. The molecule has 4 aromatic rings. The van der Waals surface area contributed by atoms with E-state index in [1.807, 2.05) is 54.6 Å². The zero-order valence-corrected chi connectivity index (χ0v) is 18.2. The van der Waals surface area contributed by atoms with Crippen molar-refractivity contribution < 1.29 is 18.4 Å². The molecule has 2 aromatic heterocycles. The summed E-state index contributed by atoms with van der Waals surface area (Å²) in [5.41, 5.74) is 3.03. The second-order valence-corrected chi connectivity index (χ2v) is 8.30. The molecule has 2 aromatic carbocycles. The van der Waals surface area contributed by atoms with Crippen molar-refractivity contribution in [3.63, 3.8) is 0 Å². The van der Waals surface area contributed by atoms with Crippen molar-refractivity contribution in [3.05, 3.63) is 84.8 Å². The van der Waals surface area contributed by atoms with Crippen LogP contribution >= 0.6 is 0 Å². The number of pyridine rings is 1. The first-order valence-electron chi connectivity index (χ1n) is 10.8. The van der Waals surface area contributed by atoms with E-state index in [4.69, 9.17) is 0 Å². The van der Waals surface area contributed by atoms with Crippen molar-refractivity contribution in [3.8, 4) is 5.69 Å². The fraction of sp³-hybridized carbons (Fsp3) is 0.200. The van der Waals surface area contributed by atoms with E-state index >= 15 is 0 Å². The monoisotopic (exact) mass is 461 g/mol. The van der Waals surface area contributed by atoms with Crippen LogP contribution in [0.25, 0.3) is 16.6 Å². The van der Waals surface area contributed by atoms with E-state index in [-0.39, 0.29) is 12.3 Å². The average molecular weight is 461 g/mol. The minimum Gasteiger partial charge on any atom is -0.345 e. The Bertz CT molecular complexity index is 1350. The van der Waals surface area contributed by atoms with E-state index in [0.717, 1.165) is 22.2 Å². The zero-order valence-electron chi connectivity index (χ0n) is 18.2. The highest BCUT2D eigenvalue weighted by atomic mass is 19.3. The lowest BCUT2D eigenvalue weighted by molar-refractivity contribution is -0.143. The van der Waals surface area contributed by atoms with Gasteiger partial charge in [-0.1, -0.05) is 30.3 Å². The molecule has 7 nitrogen and oxygen atoms in total. The molecule has 2 amide bonds. The molecule has 1 N–H and O–H groups in total. The summed E-state index contributed by atoms with van der Waals surface area (Å²) >= 11 is 0. The van der Waals surface area contributed by atoms with Crippen LogP contribution in [0.1, 0.15) is 24.9 Å². The molecule has 3 heterocycles. The fourth-order valence-corrected chi connectivity index (χ4v) is 4.36. The lowest BCUT2D eigenvalue weighted by Crippen LogP contribution is -2.46. The molecule has 34 heavy (non-hydrogen) atoms. The van der Waals surface area contributed by atoms with E-state index < -0.39 is 23.9 Å². The molecule has 1 aliphatic heterocycles. The van der Waals surface area contributed by atoms with Gasteiger partial charge in [0.1, 0.15) is 0 Å². The summed E-state index contributed by atoms with van der Waals surface area (Å²) in [4.78, 5) is 30.8. The van der Waals surface area contributed by atoms with E-state index in [9.17, 15) is 18.4 Å². The van der Waals surface area contributed by atoms with Gasteiger partial charge in [0.15, 0.2) is 0 Å². The van der Waals surface area contributed by atoms with Crippen LogP contribution in [0.2, 0.25) is 0 Å². The molecule has 5 rings (SSSR count). The normalized spacial score (nSPS) is 18.4. The number of benzene rings is 2. The van der Waals surface area contributed by atoms with Crippen LogP contribution in [0.3, 0.4) is 0 Å². The van der Waals surface area contributed by atoms with E-state index in [0.29, 0.717) is 12.6 Å². The van der Waals surface area contributed by atoms with Gasteiger partial charge in [-0.3, -0.25) is 14.6 Å². The first kappa shape index (κ1) is 21.7. The van der Waals surface area contributed by atoms with Crippen LogP contribution in [0.5, 0.6) is 0 Å². The number of rotatable bonds is 5. The number of fused-ring (bicyclic) bond motifs is 1. The number of anilines is 1. The second-order valence-electron chi connectivity index (χ2n) is 8.30. The molecular formula is C25H21F2N5O2. The SMILES string of the molecule is CC(F)(F)C(=O)N[C@H]1CC(=O)N(c2ccc3c(cnn3-c3ccncc3)c2)[C@@H]1c1ccccc1. The first-order chi connectivity index (χ1) is 16.3. The third-order valence-electron chi connectivity index (χ3n) is 5.92. The van der Waals surface area contributed by atoms with Crippen molar-refractivity contribution in [1.82, 2.24) is 20.1 Å². The lowest BCUT2D eigenvalue weighted by Gasteiger charge is -2.29. The lowest BCUT2D eigenvalue weighted by atomic mass is 9.99. The predicted octanol–water partition coefficient (Wildman–Crippen LogP) is 4.04. The molecule has 0 radical (unpaired) electrons. The molecule has 9 heteroatoms. The number of alkyl halides is 2. The molecule has 172 valence electrons. The Morgan fingerprint density at radius 3 is 2.50 bits per heavy atom. The Morgan fingerprint density at radius 2 is 1.79 bits per heavy atom. The topological polar surface area (TPSA) is 80.1 Å². The minimum absolute atomic E-state index is 0.0876. The number of carbonyl (C=O) groups excluding carboxylic acids is 2. The molecule has 2 atom stereocenters. The summed E-state index contributed by atoms with van der Waals surface area (Å²) in [7, 11) is 0. The molecule has 0 spiro atoms. The number of nitrogens with zero attached hydrogens (tertiary/aromatic N) is 4. The van der Waals surface area contributed by atoms with E-state index in [1.165, 1.54) is 0 Å². The maximum Gasteiger partial charge on any atom is 0.321 e. The highest BCUT2D eigenvalue weighted by Crippen LogP contribution is 2.39. The van der Waals surface area contributed by atoms with Crippen LogP contribution in [0, 0.1) is 0 Å². The van der Waals surface area contributed by atoms with Gasteiger partial charge in [-0.25, -0.2) is 4.68 Å². The Balaban J connectivity index is 1.54. The molecule has 0 saturated carbocycles. The van der Waals surface area contributed by atoms with E-state index in [1.54, 1.807) is 34.2 Å². The van der Waals surface area contributed by atoms with Gasteiger partial charge in [-0.2, -0.15) is 13.9 Å². The highest BCUT2D eigenvalue weighted by molar-refractivity contribution is 6.00. The van der Waals surface area contributed by atoms with Gasteiger partial charge in [0, 0.05) is 36.8 Å². The van der Waals surface area contributed by atoms with Gasteiger partial charge >= 0.3 is 5.92 Å². The summed E-state index contributed by atoms with van der Waals surface area (Å²) in [6, 6.07) is 16.8. The number of amides is 2. The second kappa shape index (κ2) is 8.33. The van der Waals surface area contributed by atoms with Crippen LogP contribution in [0.4, 0.5) is 14.5 Å². The van der Waals surface area contributed by atoms with Crippen molar-refractivity contribution in [2.45, 2.75) is 31.4 Å². The number of hydrogen-bond acceptors (Lipinski definition) is 4. The van der Waals surface area contributed by atoms with Gasteiger partial charge in [-0.05, 0) is 35.9 Å². The fourth-order valence-electron chi connectivity index (χ4n) is 4.36. The van der Waals surface area contributed by atoms with Crippen LogP contribution in [0.15, 0.2) is 79.3 Å². The Hall–Kier alpha value is -4.14. The average Bonchev–Trinajstić information content (AvgIpc) is 3.39.